The number of alkyl halides is 2. The van der Waals surface area contributed by atoms with E-state index >= 15 is 0 Å². The Morgan fingerprint density at radius 3 is 2.44 bits per heavy atom. The Balaban J connectivity index is 2.25. The summed E-state index contributed by atoms with van der Waals surface area (Å²) in [6, 6.07) is 0. The summed E-state index contributed by atoms with van der Waals surface area (Å²) in [5.74, 6) is -2.70. The normalized spacial score (nSPS) is 42.0. The van der Waals surface area contributed by atoms with Gasteiger partial charge in [-0.05, 0) is 19.3 Å². The van der Waals surface area contributed by atoms with Gasteiger partial charge in [-0.2, -0.15) is 0 Å². The molecule has 16 heavy (non-hydrogen) atoms. The molecule has 3 nitrogen and oxygen atoms in total. The van der Waals surface area contributed by atoms with Crippen LogP contribution in [0.25, 0.3) is 0 Å². The molecule has 0 aromatic rings. The van der Waals surface area contributed by atoms with Crippen molar-refractivity contribution >= 4 is 0 Å². The highest BCUT2D eigenvalue weighted by Crippen LogP contribution is 2.68. The lowest BCUT2D eigenvalue weighted by atomic mass is 9.78. The van der Waals surface area contributed by atoms with Crippen LogP contribution in [0.1, 0.15) is 25.7 Å². The summed E-state index contributed by atoms with van der Waals surface area (Å²) < 4.78 is 37.9. The van der Waals surface area contributed by atoms with Gasteiger partial charge < -0.3 is 15.2 Å². The molecule has 2 aliphatic rings. The van der Waals surface area contributed by atoms with Crippen LogP contribution in [-0.2, 0) is 9.47 Å². The summed E-state index contributed by atoms with van der Waals surface area (Å²) in [6.45, 7) is 0.699. The highest BCUT2D eigenvalue weighted by molar-refractivity contribution is 5.22. The molecule has 1 aliphatic carbocycles. The van der Waals surface area contributed by atoms with E-state index in [-0.39, 0.29) is 19.6 Å². The number of hydrogen-bond acceptors (Lipinski definition) is 3. The highest BCUT2D eigenvalue weighted by Gasteiger charge is 2.79. The molecule has 2 N–H and O–H groups in total. The summed E-state index contributed by atoms with van der Waals surface area (Å²) >= 11 is 0. The van der Waals surface area contributed by atoms with E-state index in [1.54, 1.807) is 0 Å². The molecule has 2 unspecified atom stereocenters. The second kappa shape index (κ2) is 3.89. The van der Waals surface area contributed by atoms with Crippen molar-refractivity contribution in [2.45, 2.75) is 37.2 Å². The third-order valence-electron chi connectivity index (χ3n) is 4.05. The predicted octanol–water partition coefficient (Wildman–Crippen LogP) is 1.56. The Morgan fingerprint density at radius 1 is 1.38 bits per heavy atom. The molecule has 0 bridgehead atoms. The average Bonchev–Trinajstić information content (AvgIpc) is 2.85. The van der Waals surface area contributed by atoms with Crippen LogP contribution in [0.15, 0.2) is 0 Å². The molecule has 2 fully saturated rings. The molecule has 0 amide bonds. The standard InChI is InChI=1S/C11H19F2NO2/c1-15-8-10(4-2-3-5-16-10)9(7-14)6-11(9,12)13/h2-8,14H2,1H3. The van der Waals surface area contributed by atoms with E-state index < -0.39 is 16.9 Å². The van der Waals surface area contributed by atoms with Crippen LogP contribution >= 0.6 is 0 Å². The van der Waals surface area contributed by atoms with Crippen molar-refractivity contribution in [1.82, 2.24) is 0 Å². The van der Waals surface area contributed by atoms with Crippen molar-refractivity contribution in [3.8, 4) is 0 Å². The van der Waals surface area contributed by atoms with Gasteiger partial charge in [0.25, 0.3) is 5.92 Å². The van der Waals surface area contributed by atoms with Gasteiger partial charge in [0.1, 0.15) is 5.60 Å². The first-order valence-electron chi connectivity index (χ1n) is 5.74. The largest absolute Gasteiger partial charge is 0.382 e. The Hall–Kier alpha value is -0.260. The van der Waals surface area contributed by atoms with Gasteiger partial charge in [-0.1, -0.05) is 0 Å². The van der Waals surface area contributed by atoms with Crippen molar-refractivity contribution in [3.05, 3.63) is 0 Å². The Morgan fingerprint density at radius 2 is 2.06 bits per heavy atom. The second-order valence-electron chi connectivity index (χ2n) is 4.90. The fourth-order valence-electron chi connectivity index (χ4n) is 2.95. The van der Waals surface area contributed by atoms with E-state index in [9.17, 15) is 8.78 Å². The zero-order valence-electron chi connectivity index (χ0n) is 9.60. The molecule has 1 heterocycles. The van der Waals surface area contributed by atoms with Crippen molar-refractivity contribution in [2.75, 3.05) is 26.9 Å². The monoisotopic (exact) mass is 235 g/mol. The lowest BCUT2D eigenvalue weighted by Gasteiger charge is -2.43. The number of hydrogen-bond donors (Lipinski definition) is 1. The van der Waals surface area contributed by atoms with E-state index in [0.717, 1.165) is 12.8 Å². The quantitative estimate of drug-likeness (QED) is 0.804. The molecular weight excluding hydrogens is 216 g/mol. The fourth-order valence-corrected chi connectivity index (χ4v) is 2.95. The van der Waals surface area contributed by atoms with Gasteiger partial charge in [-0.15, -0.1) is 0 Å². The Kier molecular flexibility index (Phi) is 2.97. The molecular formula is C11H19F2NO2. The fraction of sp³-hybridized carbons (Fsp3) is 1.00. The zero-order chi connectivity index (χ0) is 11.9. The maximum atomic E-state index is 13.6. The molecule has 0 radical (unpaired) electrons. The lowest BCUT2D eigenvalue weighted by molar-refractivity contribution is -0.177. The summed E-state index contributed by atoms with van der Waals surface area (Å²) in [7, 11) is 1.52. The average molecular weight is 235 g/mol. The third kappa shape index (κ3) is 1.49. The summed E-state index contributed by atoms with van der Waals surface area (Å²) in [4.78, 5) is 0. The second-order valence-corrected chi connectivity index (χ2v) is 4.90. The number of methoxy groups -OCH3 is 1. The summed E-state index contributed by atoms with van der Waals surface area (Å²) in [5, 5.41) is 0. The molecule has 0 aromatic heterocycles. The van der Waals surface area contributed by atoms with E-state index in [1.807, 2.05) is 0 Å². The molecule has 1 saturated carbocycles. The van der Waals surface area contributed by atoms with Gasteiger partial charge in [-0.25, -0.2) is 8.78 Å². The van der Waals surface area contributed by atoms with Gasteiger partial charge in [0.2, 0.25) is 0 Å². The van der Waals surface area contributed by atoms with Gasteiger partial charge >= 0.3 is 0 Å². The molecule has 1 aliphatic heterocycles. The number of rotatable bonds is 4. The van der Waals surface area contributed by atoms with Crippen LogP contribution in [0.5, 0.6) is 0 Å². The van der Waals surface area contributed by atoms with Gasteiger partial charge in [0.05, 0.1) is 12.0 Å². The molecule has 0 spiro atoms. The van der Waals surface area contributed by atoms with Crippen LogP contribution < -0.4 is 5.73 Å². The van der Waals surface area contributed by atoms with Crippen LogP contribution in [0.4, 0.5) is 8.78 Å². The first-order chi connectivity index (χ1) is 7.54. The smallest absolute Gasteiger partial charge is 0.258 e. The van der Waals surface area contributed by atoms with Crippen LogP contribution in [0.3, 0.4) is 0 Å². The Labute approximate surface area is 94.3 Å². The summed E-state index contributed by atoms with van der Waals surface area (Å²) in [5.41, 5.74) is 3.50. The van der Waals surface area contributed by atoms with Crippen molar-refractivity contribution in [2.24, 2.45) is 11.1 Å². The zero-order valence-corrected chi connectivity index (χ0v) is 9.60. The molecule has 94 valence electrons. The third-order valence-corrected chi connectivity index (χ3v) is 4.05. The number of nitrogens with two attached hydrogens (primary N) is 1. The van der Waals surface area contributed by atoms with Crippen LogP contribution in [0.2, 0.25) is 0 Å². The first kappa shape index (κ1) is 12.2. The van der Waals surface area contributed by atoms with Crippen molar-refractivity contribution in [1.29, 1.82) is 0 Å². The lowest BCUT2D eigenvalue weighted by Crippen LogP contribution is -2.54. The van der Waals surface area contributed by atoms with Crippen LogP contribution in [0, 0.1) is 5.41 Å². The van der Waals surface area contributed by atoms with E-state index in [0.29, 0.717) is 13.0 Å². The Bertz CT molecular complexity index is 261. The van der Waals surface area contributed by atoms with Gasteiger partial charge in [-0.3, -0.25) is 0 Å². The minimum absolute atomic E-state index is 0.0383. The van der Waals surface area contributed by atoms with E-state index in [1.165, 1.54) is 7.11 Å². The van der Waals surface area contributed by atoms with Gasteiger partial charge in [0.15, 0.2) is 0 Å². The molecule has 5 heteroatoms. The highest BCUT2D eigenvalue weighted by atomic mass is 19.3. The predicted molar refractivity (Wildman–Crippen MR) is 55.5 cm³/mol. The van der Waals surface area contributed by atoms with Crippen molar-refractivity contribution < 1.29 is 18.3 Å². The maximum Gasteiger partial charge on any atom is 0.258 e. The van der Waals surface area contributed by atoms with Crippen LogP contribution in [-0.4, -0.2) is 38.4 Å². The van der Waals surface area contributed by atoms with Crippen molar-refractivity contribution in [3.63, 3.8) is 0 Å². The number of ether oxygens (including phenoxy) is 2. The number of halogens is 2. The molecule has 1 saturated heterocycles. The summed E-state index contributed by atoms with van der Waals surface area (Å²) in [6.07, 6.45) is 2.28. The molecule has 2 atom stereocenters. The van der Waals surface area contributed by atoms with E-state index in [2.05, 4.69) is 0 Å². The topological polar surface area (TPSA) is 44.5 Å². The molecule has 2 rings (SSSR count). The SMILES string of the molecule is COCC1(C2(CN)CC2(F)F)CCCCO1. The minimum atomic E-state index is -2.70. The first-order valence-corrected chi connectivity index (χ1v) is 5.74. The minimum Gasteiger partial charge on any atom is -0.382 e. The van der Waals surface area contributed by atoms with E-state index in [4.69, 9.17) is 15.2 Å². The maximum absolute atomic E-state index is 13.6. The van der Waals surface area contributed by atoms with Gasteiger partial charge in [0, 0.05) is 26.7 Å². The molecule has 0 aromatic carbocycles.